The van der Waals surface area contributed by atoms with Gasteiger partial charge in [0, 0.05) is 36.5 Å². The van der Waals surface area contributed by atoms with Gasteiger partial charge in [0.05, 0.1) is 25.5 Å². The van der Waals surface area contributed by atoms with Gasteiger partial charge in [0.15, 0.2) is 0 Å². The number of halogens is 1. The minimum Gasteiger partial charge on any atom is -0.355 e. The van der Waals surface area contributed by atoms with E-state index in [1.54, 1.807) is 12.1 Å². The zero-order valence-corrected chi connectivity index (χ0v) is 17.2. The smallest absolute Gasteiger partial charge is 0.243 e. The number of hydrogen-bond acceptors (Lipinski definition) is 3. The maximum Gasteiger partial charge on any atom is 0.243 e. The van der Waals surface area contributed by atoms with Crippen LogP contribution in [0.2, 0.25) is 5.02 Å². The first-order chi connectivity index (χ1) is 12.2. The Balaban J connectivity index is 1.86. The van der Waals surface area contributed by atoms with Crippen LogP contribution in [0.1, 0.15) is 19.8 Å². The minimum atomic E-state index is -3.53. The molecule has 1 atom stereocenters. The third-order valence-electron chi connectivity index (χ3n) is 4.66. The fourth-order valence-corrected chi connectivity index (χ4v) is 4.90. The lowest BCUT2D eigenvalue weighted by Gasteiger charge is -2.30. The largest absolute Gasteiger partial charge is 0.355 e. The van der Waals surface area contributed by atoms with Crippen molar-refractivity contribution in [2.45, 2.75) is 24.7 Å². The van der Waals surface area contributed by atoms with Gasteiger partial charge in [0.25, 0.3) is 0 Å². The van der Waals surface area contributed by atoms with Crippen LogP contribution >= 0.6 is 11.6 Å². The topological polar surface area (TPSA) is 70.9 Å². The molecule has 0 bridgehead atoms. The van der Waals surface area contributed by atoms with Gasteiger partial charge in [-0.25, -0.2) is 8.42 Å². The Kier molecular flexibility index (Phi) is 7.46. The summed E-state index contributed by atoms with van der Waals surface area (Å²) in [6.07, 6.45) is 1.10. The van der Waals surface area contributed by atoms with Crippen molar-refractivity contribution in [2.75, 3.05) is 40.3 Å². The normalized spacial score (nSPS) is 18.0. The maximum absolute atomic E-state index is 12.7. The number of amides is 1. The van der Waals surface area contributed by atoms with Crippen molar-refractivity contribution in [1.82, 2.24) is 9.62 Å². The molecule has 0 spiro atoms. The van der Waals surface area contributed by atoms with Gasteiger partial charge in [0.2, 0.25) is 15.9 Å². The summed E-state index contributed by atoms with van der Waals surface area (Å²) in [4.78, 5) is 13.9. The van der Waals surface area contributed by atoms with Crippen LogP contribution in [0.4, 0.5) is 0 Å². The van der Waals surface area contributed by atoms with E-state index in [1.807, 2.05) is 0 Å². The monoisotopic (exact) mass is 402 g/mol. The predicted molar refractivity (Wildman–Crippen MR) is 103 cm³/mol. The Bertz CT molecular complexity index is 699. The molecule has 1 saturated heterocycles. The summed E-state index contributed by atoms with van der Waals surface area (Å²) in [5.74, 6) is 0.328. The van der Waals surface area contributed by atoms with Crippen molar-refractivity contribution in [1.29, 1.82) is 0 Å². The third kappa shape index (κ3) is 5.67. The summed E-state index contributed by atoms with van der Waals surface area (Å²) in [7, 11) is 0.658. The molecule has 8 heteroatoms. The van der Waals surface area contributed by atoms with E-state index in [2.05, 4.69) is 26.3 Å². The molecule has 1 aromatic rings. The van der Waals surface area contributed by atoms with E-state index in [1.165, 1.54) is 21.3 Å². The Morgan fingerprint density at radius 2 is 1.85 bits per heavy atom. The summed E-state index contributed by atoms with van der Waals surface area (Å²) in [6, 6.07) is 6.19. The second-order valence-electron chi connectivity index (χ2n) is 7.39. The number of carbonyl (C=O) groups excluding carboxylic acids is 1. The molecule has 0 aromatic heterocycles. The highest BCUT2D eigenvalue weighted by atomic mass is 35.5. The van der Waals surface area contributed by atoms with Crippen molar-refractivity contribution < 1.29 is 18.1 Å². The highest BCUT2D eigenvalue weighted by Crippen LogP contribution is 2.24. The molecule has 6 nitrogen and oxygen atoms in total. The van der Waals surface area contributed by atoms with E-state index in [4.69, 9.17) is 11.6 Å². The maximum atomic E-state index is 12.7. The molecule has 0 saturated carbocycles. The number of hydrogen-bond donors (Lipinski definition) is 2. The first-order valence-electron chi connectivity index (χ1n) is 9.02. The minimum absolute atomic E-state index is 0.0362. The third-order valence-corrected chi connectivity index (χ3v) is 6.82. The van der Waals surface area contributed by atoms with Crippen LogP contribution in [0.25, 0.3) is 0 Å². The molecule has 1 amide bonds. The van der Waals surface area contributed by atoms with Crippen LogP contribution in [-0.4, -0.2) is 58.9 Å². The number of carbonyl (C=O) groups is 1. The Labute approximate surface area is 161 Å². The van der Waals surface area contributed by atoms with Gasteiger partial charge in [-0.3, -0.25) is 4.79 Å². The van der Waals surface area contributed by atoms with Gasteiger partial charge in [-0.05, 0) is 37.1 Å². The zero-order valence-electron chi connectivity index (χ0n) is 15.7. The number of nitrogens with zero attached hydrogens (tertiary/aromatic N) is 1. The Hall–Kier alpha value is -1.15. The quantitative estimate of drug-likeness (QED) is 0.703. The number of benzene rings is 1. The number of piperidine rings is 1. The molecule has 2 N–H and O–H groups in total. The fraction of sp³-hybridized carbons (Fsp3) is 0.611. The van der Waals surface area contributed by atoms with E-state index in [9.17, 15) is 13.2 Å². The molecule has 0 aliphatic carbocycles. The first kappa shape index (κ1) is 21.2. The van der Waals surface area contributed by atoms with Crippen molar-refractivity contribution in [3.8, 4) is 0 Å². The van der Waals surface area contributed by atoms with E-state index < -0.39 is 10.0 Å². The molecule has 146 valence electrons. The van der Waals surface area contributed by atoms with Crippen LogP contribution in [0, 0.1) is 11.8 Å². The number of rotatable bonds is 7. The highest BCUT2D eigenvalue weighted by Gasteiger charge is 2.32. The van der Waals surface area contributed by atoms with E-state index in [-0.39, 0.29) is 16.7 Å². The van der Waals surface area contributed by atoms with Gasteiger partial charge in [0.1, 0.15) is 0 Å². The summed E-state index contributed by atoms with van der Waals surface area (Å²) in [5, 5.41) is 3.52. The Morgan fingerprint density at radius 1 is 1.27 bits per heavy atom. The number of sulfonamides is 1. The van der Waals surface area contributed by atoms with E-state index in [0.29, 0.717) is 43.4 Å². The van der Waals surface area contributed by atoms with Crippen molar-refractivity contribution in [3.63, 3.8) is 0 Å². The van der Waals surface area contributed by atoms with Crippen LogP contribution in [0.15, 0.2) is 29.2 Å². The summed E-state index contributed by atoms with van der Waals surface area (Å²) in [5.41, 5.74) is 0. The van der Waals surface area contributed by atoms with Gasteiger partial charge < -0.3 is 10.2 Å². The summed E-state index contributed by atoms with van der Waals surface area (Å²) in [6.45, 7) is 4.50. The zero-order chi connectivity index (χ0) is 19.3. The molecule has 26 heavy (non-hydrogen) atoms. The molecule has 1 aliphatic rings. The first-order valence-corrected chi connectivity index (χ1v) is 10.8. The summed E-state index contributed by atoms with van der Waals surface area (Å²) >= 11 is 5.83. The standard InChI is InChI=1S/C18H28ClN3O3S/c1-14(13-21(2)3)12-20-18(23)15-8-10-22(11-9-15)26(24,25)17-6-4-16(19)5-7-17/h4-7,14-15H,8-13H2,1-3H3,(H,20,23)/p+1/t14-/m1/s1. The SMILES string of the molecule is C[C@H](CNC(=O)C1CCN(S(=O)(=O)c2ccc(Cl)cc2)CC1)C[NH+](C)C. The molecule has 2 rings (SSSR count). The second kappa shape index (κ2) is 9.17. The second-order valence-corrected chi connectivity index (χ2v) is 9.77. The lowest BCUT2D eigenvalue weighted by atomic mass is 9.97. The summed E-state index contributed by atoms with van der Waals surface area (Å²) < 4.78 is 26.8. The van der Waals surface area contributed by atoms with Crippen LogP contribution in [0.3, 0.4) is 0 Å². The van der Waals surface area contributed by atoms with Crippen LogP contribution in [0.5, 0.6) is 0 Å². The van der Waals surface area contributed by atoms with E-state index >= 15 is 0 Å². The average Bonchev–Trinajstić information content (AvgIpc) is 2.59. The van der Waals surface area contributed by atoms with Gasteiger partial charge in [-0.1, -0.05) is 18.5 Å². The molecule has 1 heterocycles. The van der Waals surface area contributed by atoms with Crippen molar-refractivity contribution in [2.24, 2.45) is 11.8 Å². The lowest BCUT2D eigenvalue weighted by molar-refractivity contribution is -0.861. The van der Waals surface area contributed by atoms with Gasteiger partial charge in [-0.2, -0.15) is 4.31 Å². The van der Waals surface area contributed by atoms with Gasteiger partial charge in [-0.15, -0.1) is 0 Å². The Morgan fingerprint density at radius 3 is 2.38 bits per heavy atom. The van der Waals surface area contributed by atoms with E-state index in [0.717, 1.165) is 6.54 Å². The molecule has 1 fully saturated rings. The lowest BCUT2D eigenvalue weighted by Crippen LogP contribution is -3.06. The molecular formula is C18H29ClN3O3S+. The van der Waals surface area contributed by atoms with Crippen molar-refractivity contribution >= 4 is 27.5 Å². The molecule has 0 radical (unpaired) electrons. The predicted octanol–water partition coefficient (Wildman–Crippen LogP) is 0.638. The van der Waals surface area contributed by atoms with Crippen LogP contribution in [-0.2, 0) is 14.8 Å². The fourth-order valence-electron chi connectivity index (χ4n) is 3.30. The van der Waals surface area contributed by atoms with Crippen LogP contribution < -0.4 is 10.2 Å². The van der Waals surface area contributed by atoms with Crippen molar-refractivity contribution in [3.05, 3.63) is 29.3 Å². The number of nitrogens with one attached hydrogen (secondary N) is 2. The highest BCUT2D eigenvalue weighted by molar-refractivity contribution is 7.89. The molecule has 0 unspecified atom stereocenters. The number of quaternary nitrogens is 1. The molecule has 1 aromatic carbocycles. The molecule has 1 aliphatic heterocycles. The average molecular weight is 403 g/mol. The van der Waals surface area contributed by atoms with Gasteiger partial charge >= 0.3 is 0 Å². The molecular weight excluding hydrogens is 374 g/mol.